The highest BCUT2D eigenvalue weighted by Crippen LogP contribution is 2.20. The summed E-state index contributed by atoms with van der Waals surface area (Å²) in [4.78, 5) is 24.2. The quantitative estimate of drug-likeness (QED) is 0.516. The SMILES string of the molecule is C=CC(=O)N1CCCC(CC(=O)OC)C1. The Labute approximate surface area is 89.9 Å². The molecule has 4 heteroatoms. The van der Waals surface area contributed by atoms with Crippen molar-refractivity contribution in [2.75, 3.05) is 20.2 Å². The molecule has 0 aliphatic carbocycles. The minimum atomic E-state index is -0.201. The van der Waals surface area contributed by atoms with Gasteiger partial charge in [0.05, 0.1) is 7.11 Å². The van der Waals surface area contributed by atoms with Crippen LogP contribution in [-0.4, -0.2) is 37.0 Å². The number of carbonyl (C=O) groups excluding carboxylic acids is 2. The van der Waals surface area contributed by atoms with Crippen molar-refractivity contribution in [3.63, 3.8) is 0 Å². The van der Waals surface area contributed by atoms with Crippen LogP contribution in [0.25, 0.3) is 0 Å². The van der Waals surface area contributed by atoms with Gasteiger partial charge in [-0.2, -0.15) is 0 Å². The third kappa shape index (κ3) is 3.38. The zero-order chi connectivity index (χ0) is 11.3. The molecule has 1 aliphatic heterocycles. The number of carbonyl (C=O) groups is 2. The summed E-state index contributed by atoms with van der Waals surface area (Å²) < 4.78 is 4.61. The topological polar surface area (TPSA) is 46.6 Å². The van der Waals surface area contributed by atoms with Crippen molar-refractivity contribution in [1.29, 1.82) is 0 Å². The van der Waals surface area contributed by atoms with Crippen LogP contribution in [-0.2, 0) is 14.3 Å². The van der Waals surface area contributed by atoms with Gasteiger partial charge < -0.3 is 9.64 Å². The average molecular weight is 211 g/mol. The highest BCUT2D eigenvalue weighted by Gasteiger charge is 2.24. The lowest BCUT2D eigenvalue weighted by atomic mass is 9.95. The lowest BCUT2D eigenvalue weighted by Crippen LogP contribution is -2.39. The Morgan fingerprint density at radius 2 is 2.33 bits per heavy atom. The fourth-order valence-corrected chi connectivity index (χ4v) is 1.88. The van der Waals surface area contributed by atoms with Crippen LogP contribution >= 0.6 is 0 Å². The van der Waals surface area contributed by atoms with Gasteiger partial charge in [-0.25, -0.2) is 0 Å². The van der Waals surface area contributed by atoms with E-state index in [-0.39, 0.29) is 17.8 Å². The largest absolute Gasteiger partial charge is 0.469 e. The van der Waals surface area contributed by atoms with E-state index >= 15 is 0 Å². The molecule has 1 aliphatic rings. The van der Waals surface area contributed by atoms with E-state index in [0.717, 1.165) is 19.4 Å². The number of amides is 1. The second kappa shape index (κ2) is 5.53. The number of hydrogen-bond acceptors (Lipinski definition) is 3. The zero-order valence-electron chi connectivity index (χ0n) is 9.07. The maximum Gasteiger partial charge on any atom is 0.305 e. The molecule has 0 aromatic carbocycles. The maximum atomic E-state index is 11.4. The van der Waals surface area contributed by atoms with Crippen molar-refractivity contribution in [2.45, 2.75) is 19.3 Å². The van der Waals surface area contributed by atoms with Crippen molar-refractivity contribution in [1.82, 2.24) is 4.90 Å². The van der Waals surface area contributed by atoms with E-state index in [9.17, 15) is 9.59 Å². The van der Waals surface area contributed by atoms with E-state index in [1.54, 1.807) is 4.90 Å². The van der Waals surface area contributed by atoms with Gasteiger partial charge in [0.1, 0.15) is 0 Å². The molecular weight excluding hydrogens is 194 g/mol. The van der Waals surface area contributed by atoms with Crippen LogP contribution in [0.3, 0.4) is 0 Å². The number of hydrogen-bond donors (Lipinski definition) is 0. The molecule has 1 saturated heterocycles. The monoisotopic (exact) mass is 211 g/mol. The molecule has 0 saturated carbocycles. The van der Waals surface area contributed by atoms with Crippen molar-refractivity contribution in [2.24, 2.45) is 5.92 Å². The van der Waals surface area contributed by atoms with E-state index in [1.165, 1.54) is 13.2 Å². The smallest absolute Gasteiger partial charge is 0.305 e. The molecule has 4 nitrogen and oxygen atoms in total. The third-order valence-electron chi connectivity index (χ3n) is 2.69. The van der Waals surface area contributed by atoms with Gasteiger partial charge in [0.2, 0.25) is 5.91 Å². The van der Waals surface area contributed by atoms with Gasteiger partial charge in [-0.3, -0.25) is 9.59 Å². The summed E-state index contributed by atoms with van der Waals surface area (Å²) in [6.45, 7) is 4.86. The molecule has 0 aromatic rings. The molecule has 1 heterocycles. The van der Waals surface area contributed by atoms with E-state index in [4.69, 9.17) is 0 Å². The fraction of sp³-hybridized carbons (Fsp3) is 0.636. The summed E-state index contributed by atoms with van der Waals surface area (Å²) in [6.07, 6.45) is 3.65. The predicted molar refractivity (Wildman–Crippen MR) is 56.1 cm³/mol. The van der Waals surface area contributed by atoms with Gasteiger partial charge >= 0.3 is 5.97 Å². The predicted octanol–water partition coefficient (Wildman–Crippen LogP) is 0.974. The Balaban J connectivity index is 2.45. The summed E-state index contributed by atoms with van der Waals surface area (Å²) in [7, 11) is 1.39. The van der Waals surface area contributed by atoms with Crippen LogP contribution in [0.5, 0.6) is 0 Å². The van der Waals surface area contributed by atoms with Crippen LogP contribution in [0, 0.1) is 5.92 Å². The standard InChI is InChI=1S/C11H17NO3/c1-3-10(13)12-6-4-5-9(8-12)7-11(14)15-2/h3,9H,1,4-8H2,2H3. The summed E-state index contributed by atoms with van der Waals surface area (Å²) in [5.41, 5.74) is 0. The van der Waals surface area contributed by atoms with Crippen LogP contribution in [0.15, 0.2) is 12.7 Å². The third-order valence-corrected chi connectivity index (χ3v) is 2.69. The zero-order valence-corrected chi connectivity index (χ0v) is 9.07. The molecule has 1 amide bonds. The van der Waals surface area contributed by atoms with Crippen molar-refractivity contribution in [3.8, 4) is 0 Å². The van der Waals surface area contributed by atoms with Crippen LogP contribution in [0.1, 0.15) is 19.3 Å². The van der Waals surface area contributed by atoms with Gasteiger partial charge in [-0.15, -0.1) is 0 Å². The Kier molecular flexibility index (Phi) is 4.34. The van der Waals surface area contributed by atoms with Gasteiger partial charge in [0.25, 0.3) is 0 Å². The molecular formula is C11H17NO3. The molecule has 15 heavy (non-hydrogen) atoms. The number of ether oxygens (including phenoxy) is 1. The van der Waals surface area contributed by atoms with E-state index in [0.29, 0.717) is 13.0 Å². The first-order valence-electron chi connectivity index (χ1n) is 5.15. The van der Waals surface area contributed by atoms with Crippen LogP contribution in [0.2, 0.25) is 0 Å². The molecule has 0 spiro atoms. The van der Waals surface area contributed by atoms with Crippen molar-refractivity contribution < 1.29 is 14.3 Å². The average Bonchev–Trinajstić information content (AvgIpc) is 2.28. The van der Waals surface area contributed by atoms with Gasteiger partial charge in [0, 0.05) is 19.5 Å². The Hall–Kier alpha value is -1.32. The highest BCUT2D eigenvalue weighted by molar-refractivity contribution is 5.87. The van der Waals surface area contributed by atoms with E-state index in [2.05, 4.69) is 11.3 Å². The molecule has 0 bridgehead atoms. The van der Waals surface area contributed by atoms with Crippen molar-refractivity contribution >= 4 is 11.9 Å². The number of methoxy groups -OCH3 is 1. The minimum Gasteiger partial charge on any atom is -0.469 e. The lowest BCUT2D eigenvalue weighted by Gasteiger charge is -2.31. The Morgan fingerprint density at radius 1 is 1.60 bits per heavy atom. The van der Waals surface area contributed by atoms with Gasteiger partial charge in [0.15, 0.2) is 0 Å². The Morgan fingerprint density at radius 3 is 2.93 bits per heavy atom. The van der Waals surface area contributed by atoms with Crippen molar-refractivity contribution in [3.05, 3.63) is 12.7 Å². The molecule has 1 fully saturated rings. The van der Waals surface area contributed by atoms with Gasteiger partial charge in [-0.1, -0.05) is 6.58 Å². The molecule has 1 rings (SSSR count). The summed E-state index contributed by atoms with van der Waals surface area (Å²) >= 11 is 0. The lowest BCUT2D eigenvalue weighted by molar-refractivity contribution is -0.143. The number of rotatable bonds is 3. The Bertz CT molecular complexity index is 263. The highest BCUT2D eigenvalue weighted by atomic mass is 16.5. The fourth-order valence-electron chi connectivity index (χ4n) is 1.88. The number of nitrogens with zero attached hydrogens (tertiary/aromatic N) is 1. The molecule has 0 N–H and O–H groups in total. The second-order valence-electron chi connectivity index (χ2n) is 3.78. The molecule has 1 unspecified atom stereocenters. The maximum absolute atomic E-state index is 11.4. The summed E-state index contributed by atoms with van der Waals surface area (Å²) in [5.74, 6) is -0.0208. The summed E-state index contributed by atoms with van der Waals surface area (Å²) in [5, 5.41) is 0. The second-order valence-corrected chi connectivity index (χ2v) is 3.78. The first-order valence-corrected chi connectivity index (χ1v) is 5.15. The number of esters is 1. The minimum absolute atomic E-state index is 0.0513. The van der Waals surface area contributed by atoms with Crippen LogP contribution < -0.4 is 0 Å². The first-order chi connectivity index (χ1) is 7.17. The first kappa shape index (κ1) is 11.8. The molecule has 84 valence electrons. The number of piperidine rings is 1. The normalized spacial score (nSPS) is 20.9. The summed E-state index contributed by atoms with van der Waals surface area (Å²) in [6, 6.07) is 0. The number of likely N-dealkylation sites (tertiary alicyclic amines) is 1. The molecule has 1 atom stereocenters. The van der Waals surface area contributed by atoms with Crippen LogP contribution in [0.4, 0.5) is 0 Å². The van der Waals surface area contributed by atoms with E-state index < -0.39 is 0 Å². The van der Waals surface area contributed by atoms with Gasteiger partial charge in [-0.05, 0) is 24.8 Å². The molecule has 0 aromatic heterocycles. The molecule has 0 radical (unpaired) electrons. The van der Waals surface area contributed by atoms with E-state index in [1.807, 2.05) is 0 Å².